The van der Waals surface area contributed by atoms with Crippen LogP contribution in [0.15, 0.2) is 66.7 Å². The van der Waals surface area contributed by atoms with E-state index < -0.39 is 18.2 Å². The Hall–Kier alpha value is -3.52. The lowest BCUT2D eigenvalue weighted by Crippen LogP contribution is -2.42. The highest BCUT2D eigenvalue weighted by Gasteiger charge is 2.35. The van der Waals surface area contributed by atoms with Crippen molar-refractivity contribution in [3.8, 4) is 11.5 Å². The van der Waals surface area contributed by atoms with Gasteiger partial charge in [0, 0.05) is 34.6 Å². The molecule has 4 aromatic rings. The third-order valence-electron chi connectivity index (χ3n) is 6.68. The molecule has 1 aliphatic rings. The minimum absolute atomic E-state index is 0.284. The van der Waals surface area contributed by atoms with E-state index in [0.717, 1.165) is 33.3 Å². The molecule has 2 heterocycles. The molecule has 7 nitrogen and oxygen atoms in total. The summed E-state index contributed by atoms with van der Waals surface area (Å²) in [6, 6.07) is 20.3. The lowest BCUT2D eigenvalue weighted by Gasteiger charge is -2.35. The summed E-state index contributed by atoms with van der Waals surface area (Å²) in [7, 11) is 0. The Morgan fingerprint density at radius 3 is 2.57 bits per heavy atom. The van der Waals surface area contributed by atoms with Crippen LogP contribution in [-0.2, 0) is 6.42 Å². The number of hydrogen-bond acceptors (Lipinski definition) is 5. The highest BCUT2D eigenvalue weighted by molar-refractivity contribution is 6.31. The molecule has 0 saturated carbocycles. The fourth-order valence-corrected chi connectivity index (χ4v) is 4.89. The monoisotopic (exact) mass is 520 g/mol. The fourth-order valence-electron chi connectivity index (χ4n) is 4.72. The molecular formula is C29H29ClN2O5. The van der Waals surface area contributed by atoms with Gasteiger partial charge in [-0.05, 0) is 66.9 Å². The number of nitrogens with zero attached hydrogens (tertiary/aromatic N) is 1. The van der Waals surface area contributed by atoms with Gasteiger partial charge in [-0.3, -0.25) is 4.90 Å². The Kier molecular flexibility index (Phi) is 7.37. The largest absolute Gasteiger partial charge is 0.493 e. The van der Waals surface area contributed by atoms with Crippen molar-refractivity contribution in [2.24, 2.45) is 0 Å². The van der Waals surface area contributed by atoms with Gasteiger partial charge in [-0.15, -0.1) is 0 Å². The highest BCUT2D eigenvalue weighted by Crippen LogP contribution is 2.40. The smallest absolute Gasteiger partial charge is 0.416 e. The van der Waals surface area contributed by atoms with E-state index in [1.165, 1.54) is 0 Å². The van der Waals surface area contributed by atoms with Gasteiger partial charge in [0.05, 0.1) is 19.3 Å². The first kappa shape index (κ1) is 25.1. The summed E-state index contributed by atoms with van der Waals surface area (Å²) in [5.41, 5.74) is 5.03. The van der Waals surface area contributed by atoms with Crippen LogP contribution in [0.4, 0.5) is 4.79 Å². The van der Waals surface area contributed by atoms with Crippen LogP contribution in [0.1, 0.15) is 34.8 Å². The number of ether oxygens (including phenoxy) is 2. The molecular weight excluding hydrogens is 492 g/mol. The number of hydrogen-bond donors (Lipinski definition) is 3. The molecule has 1 aliphatic heterocycles. The van der Waals surface area contributed by atoms with Gasteiger partial charge in [-0.2, -0.15) is 0 Å². The van der Waals surface area contributed by atoms with Crippen molar-refractivity contribution >= 4 is 28.6 Å². The van der Waals surface area contributed by atoms with Crippen molar-refractivity contribution < 1.29 is 24.5 Å². The normalized spacial score (nSPS) is 15.9. The number of rotatable bonds is 7. The van der Waals surface area contributed by atoms with Gasteiger partial charge >= 0.3 is 6.09 Å². The summed E-state index contributed by atoms with van der Waals surface area (Å²) in [6.07, 6.45) is -0.220. The SMILES string of the molecule is Cc1ccc(OC(=O)N2CCc3c([nH]c4ccc(Cl)cc34)C2c2ccc(OCCC(O)CO)cc2)cc1. The van der Waals surface area contributed by atoms with E-state index >= 15 is 0 Å². The molecule has 2 atom stereocenters. The molecule has 1 aromatic heterocycles. The van der Waals surface area contributed by atoms with Gasteiger partial charge in [-0.25, -0.2) is 4.79 Å². The molecule has 192 valence electrons. The Morgan fingerprint density at radius 2 is 1.84 bits per heavy atom. The Balaban J connectivity index is 1.46. The number of benzene rings is 3. The quantitative estimate of drug-likeness (QED) is 0.303. The van der Waals surface area contributed by atoms with Gasteiger partial charge in [-0.1, -0.05) is 41.4 Å². The molecule has 3 aromatic carbocycles. The molecule has 0 fully saturated rings. The van der Waals surface area contributed by atoms with Crippen molar-refractivity contribution in [1.29, 1.82) is 0 Å². The van der Waals surface area contributed by atoms with Crippen molar-refractivity contribution in [2.75, 3.05) is 19.8 Å². The second kappa shape index (κ2) is 10.8. The van der Waals surface area contributed by atoms with Crippen molar-refractivity contribution in [3.05, 3.63) is 94.1 Å². The highest BCUT2D eigenvalue weighted by atomic mass is 35.5. The summed E-state index contributed by atoms with van der Waals surface area (Å²) in [5, 5.41) is 20.2. The Labute approximate surface area is 220 Å². The molecule has 8 heteroatoms. The van der Waals surface area contributed by atoms with E-state index in [4.69, 9.17) is 26.2 Å². The van der Waals surface area contributed by atoms with Crippen LogP contribution in [-0.4, -0.2) is 52.1 Å². The molecule has 1 amide bonds. The molecule has 3 N–H and O–H groups in total. The zero-order valence-electron chi connectivity index (χ0n) is 20.5. The minimum atomic E-state index is -0.802. The number of amides is 1. The summed E-state index contributed by atoms with van der Waals surface area (Å²) >= 11 is 6.30. The van der Waals surface area contributed by atoms with E-state index in [-0.39, 0.29) is 13.2 Å². The molecule has 37 heavy (non-hydrogen) atoms. The third-order valence-corrected chi connectivity index (χ3v) is 6.91. The summed E-state index contributed by atoms with van der Waals surface area (Å²) < 4.78 is 11.5. The molecule has 2 unspecified atom stereocenters. The molecule has 0 saturated heterocycles. The van der Waals surface area contributed by atoms with Crippen molar-refractivity contribution in [1.82, 2.24) is 9.88 Å². The van der Waals surface area contributed by atoms with E-state index in [1.807, 2.05) is 61.5 Å². The van der Waals surface area contributed by atoms with E-state index in [1.54, 1.807) is 17.0 Å². The number of H-pyrrole nitrogens is 1. The first-order chi connectivity index (χ1) is 17.9. The zero-order chi connectivity index (χ0) is 25.9. The van der Waals surface area contributed by atoms with E-state index in [2.05, 4.69) is 4.98 Å². The maximum Gasteiger partial charge on any atom is 0.416 e. The third kappa shape index (κ3) is 5.44. The molecule has 0 aliphatic carbocycles. The van der Waals surface area contributed by atoms with Crippen LogP contribution >= 0.6 is 11.6 Å². The standard InChI is InChI=1S/C29H29ClN2O5/c1-18-2-7-23(8-3-18)37-29(35)32-14-12-24-25-16-20(30)6-11-26(25)31-27(24)28(32)19-4-9-22(10-5-19)36-15-13-21(34)17-33/h2-11,16,21,28,31,33-34H,12-15,17H2,1H3. The number of aliphatic hydroxyl groups excluding tert-OH is 2. The van der Waals surface area contributed by atoms with Crippen molar-refractivity contribution in [3.63, 3.8) is 0 Å². The molecule has 5 rings (SSSR count). The van der Waals surface area contributed by atoms with Crippen LogP contribution in [0.2, 0.25) is 5.02 Å². The number of fused-ring (bicyclic) bond motifs is 3. The Morgan fingerprint density at radius 1 is 1.11 bits per heavy atom. The van der Waals surface area contributed by atoms with E-state index in [0.29, 0.717) is 35.9 Å². The number of nitrogens with one attached hydrogen (secondary N) is 1. The summed E-state index contributed by atoms with van der Waals surface area (Å²) in [5.74, 6) is 1.14. The fraction of sp³-hybridized carbons (Fsp3) is 0.276. The Bertz CT molecular complexity index is 1380. The minimum Gasteiger partial charge on any atom is -0.493 e. The summed E-state index contributed by atoms with van der Waals surface area (Å²) in [4.78, 5) is 18.7. The second-order valence-electron chi connectivity index (χ2n) is 9.28. The maximum absolute atomic E-state index is 13.4. The van der Waals surface area contributed by atoms with Gasteiger partial charge in [0.2, 0.25) is 0 Å². The predicted molar refractivity (Wildman–Crippen MR) is 142 cm³/mol. The van der Waals surface area contributed by atoms with Crippen LogP contribution < -0.4 is 9.47 Å². The van der Waals surface area contributed by atoms with Gasteiger partial charge in [0.1, 0.15) is 17.5 Å². The number of carbonyl (C=O) groups excluding carboxylic acids is 1. The summed E-state index contributed by atoms with van der Waals surface area (Å²) in [6.45, 7) is 2.46. The second-order valence-corrected chi connectivity index (χ2v) is 9.71. The number of aryl methyl sites for hydroxylation is 1. The number of aliphatic hydroxyl groups is 2. The number of aromatic amines is 1. The first-order valence-corrected chi connectivity index (χ1v) is 12.7. The van der Waals surface area contributed by atoms with Crippen LogP contribution in [0.25, 0.3) is 10.9 Å². The van der Waals surface area contributed by atoms with Crippen LogP contribution in [0, 0.1) is 6.92 Å². The van der Waals surface area contributed by atoms with Crippen molar-refractivity contribution in [2.45, 2.75) is 31.9 Å². The van der Waals surface area contributed by atoms with Gasteiger partial charge < -0.3 is 24.7 Å². The van der Waals surface area contributed by atoms with Gasteiger partial charge in [0.25, 0.3) is 0 Å². The average molecular weight is 521 g/mol. The lowest BCUT2D eigenvalue weighted by atomic mass is 9.92. The number of aromatic nitrogens is 1. The molecule has 0 bridgehead atoms. The molecule has 0 radical (unpaired) electrons. The zero-order valence-corrected chi connectivity index (χ0v) is 21.2. The topological polar surface area (TPSA) is 95.0 Å². The van der Waals surface area contributed by atoms with E-state index in [9.17, 15) is 9.90 Å². The predicted octanol–water partition coefficient (Wildman–Crippen LogP) is 5.40. The maximum atomic E-state index is 13.4. The van der Waals surface area contributed by atoms with Gasteiger partial charge in [0.15, 0.2) is 0 Å². The lowest BCUT2D eigenvalue weighted by molar-refractivity contribution is 0.0754. The van der Waals surface area contributed by atoms with Crippen LogP contribution in [0.3, 0.4) is 0 Å². The average Bonchev–Trinajstić information content (AvgIpc) is 3.27. The first-order valence-electron chi connectivity index (χ1n) is 12.3. The number of halogens is 1. The molecule has 0 spiro atoms. The number of carbonyl (C=O) groups is 1. The van der Waals surface area contributed by atoms with Crippen LogP contribution in [0.5, 0.6) is 11.5 Å².